The van der Waals surface area contributed by atoms with Crippen molar-refractivity contribution in [3.05, 3.63) is 10.4 Å². The topological polar surface area (TPSA) is 70.8 Å². The molecule has 0 rings (SSSR count). The van der Waals surface area contributed by atoms with E-state index in [-0.39, 0.29) is 27.3 Å². The fourth-order valence-electron chi connectivity index (χ4n) is 0. The Morgan fingerprint density at radius 1 is 1.00 bits per heavy atom. The van der Waals surface area contributed by atoms with Crippen molar-refractivity contribution in [1.29, 1.82) is 0 Å². The first-order chi connectivity index (χ1) is 1.91. The SMILES string of the molecule is [O-]N=N[O-].[Pb+2]. The predicted molar refractivity (Wildman–Crippen MR) is 17.3 cm³/mol. The van der Waals surface area contributed by atoms with E-state index in [1.807, 2.05) is 0 Å². The fourth-order valence-corrected chi connectivity index (χ4v) is 0. The van der Waals surface area contributed by atoms with Crippen LogP contribution in [0.25, 0.3) is 0 Å². The molecule has 26 valence electrons. The molecule has 0 aliphatic heterocycles. The summed E-state index contributed by atoms with van der Waals surface area (Å²) in [7, 11) is 0. The minimum atomic E-state index is 0. The normalized spacial score (nSPS) is 7.20. The van der Waals surface area contributed by atoms with Crippen molar-refractivity contribution in [3.63, 3.8) is 0 Å². The minimum absolute atomic E-state index is 0. The maximum absolute atomic E-state index is 8.44. The molecule has 0 aliphatic carbocycles. The van der Waals surface area contributed by atoms with Crippen LogP contribution in [0.15, 0.2) is 10.6 Å². The molecule has 0 fully saturated rings. The van der Waals surface area contributed by atoms with Gasteiger partial charge in [0.05, 0.1) is 0 Å². The Labute approximate surface area is 48.6 Å². The maximum atomic E-state index is 8.44. The van der Waals surface area contributed by atoms with Crippen LogP contribution in [-0.4, -0.2) is 27.3 Å². The van der Waals surface area contributed by atoms with Crippen LogP contribution >= 0.6 is 0 Å². The van der Waals surface area contributed by atoms with Crippen LogP contribution in [0.1, 0.15) is 0 Å². The predicted octanol–water partition coefficient (Wildman–Crippen LogP) is 0.0534. The molecule has 0 atom stereocenters. The third kappa shape index (κ3) is 14.7. The van der Waals surface area contributed by atoms with Gasteiger partial charge in [-0.15, -0.1) is 0 Å². The van der Waals surface area contributed by atoms with E-state index in [0.29, 0.717) is 0 Å². The third-order valence-corrected chi connectivity index (χ3v) is 0.0333. The van der Waals surface area contributed by atoms with Gasteiger partial charge in [-0.2, -0.15) is 0 Å². The zero-order valence-corrected chi connectivity index (χ0v) is 6.10. The van der Waals surface area contributed by atoms with Gasteiger partial charge in [0, 0.05) is 0 Å². The standard InChI is InChI=1S/H2N2O2.Pb/c3-1-2-4;/h(H,1,4)(H,2,3);/q;+2/p-2. The molecule has 5 heteroatoms. The second-order valence-corrected chi connectivity index (χ2v) is 0.163. The van der Waals surface area contributed by atoms with Crippen LogP contribution in [0, 0.1) is 10.4 Å². The van der Waals surface area contributed by atoms with Gasteiger partial charge in [-0.25, -0.2) is 10.6 Å². The molecule has 0 heterocycles. The Bertz CT molecular complexity index is 22.8. The molecule has 0 N–H and O–H groups in total. The molecule has 0 spiro atoms. The molecule has 0 unspecified atom stereocenters. The second-order valence-electron chi connectivity index (χ2n) is 0.163. The Hall–Kier alpha value is 0.122. The van der Waals surface area contributed by atoms with E-state index in [2.05, 4.69) is 0 Å². The summed E-state index contributed by atoms with van der Waals surface area (Å²) >= 11 is 0. The van der Waals surface area contributed by atoms with Crippen molar-refractivity contribution >= 4 is 27.3 Å². The van der Waals surface area contributed by atoms with Gasteiger partial charge >= 0.3 is 27.3 Å². The van der Waals surface area contributed by atoms with Gasteiger partial charge in [0.15, 0.2) is 0 Å². The van der Waals surface area contributed by atoms with Gasteiger partial charge in [-0.05, 0) is 0 Å². The third-order valence-electron chi connectivity index (χ3n) is 0.0333. The number of nitrogens with zero attached hydrogens (tertiary/aromatic N) is 2. The van der Waals surface area contributed by atoms with Crippen LogP contribution in [0.2, 0.25) is 0 Å². The molecule has 0 aromatic heterocycles. The van der Waals surface area contributed by atoms with Gasteiger partial charge in [-0.3, -0.25) is 0 Å². The van der Waals surface area contributed by atoms with Crippen molar-refractivity contribution in [1.82, 2.24) is 0 Å². The van der Waals surface area contributed by atoms with E-state index < -0.39 is 0 Å². The Morgan fingerprint density at radius 2 is 1.20 bits per heavy atom. The minimum Gasteiger partial charge on any atom is -0.775 e. The average Bonchev–Trinajstić information content (AvgIpc) is 1.37. The van der Waals surface area contributed by atoms with Crippen LogP contribution in [0.5, 0.6) is 0 Å². The molecule has 0 saturated carbocycles. The van der Waals surface area contributed by atoms with Crippen LogP contribution < -0.4 is 0 Å². The molecule has 0 saturated heterocycles. The first-order valence-electron chi connectivity index (χ1n) is 0.565. The summed E-state index contributed by atoms with van der Waals surface area (Å²) in [5, 5.41) is 20.0. The molecule has 5 heavy (non-hydrogen) atoms. The van der Waals surface area contributed by atoms with Gasteiger partial charge in [0.2, 0.25) is 0 Å². The molecular formula is N2O2Pb. The molecular weight excluding hydrogens is 267 g/mol. The van der Waals surface area contributed by atoms with Crippen molar-refractivity contribution in [2.45, 2.75) is 0 Å². The first-order valence-corrected chi connectivity index (χ1v) is 0.565. The zero-order valence-electron chi connectivity index (χ0n) is 2.21. The second kappa shape index (κ2) is 8.92. The van der Waals surface area contributed by atoms with Gasteiger partial charge in [0.25, 0.3) is 0 Å². The zero-order chi connectivity index (χ0) is 3.41. The molecule has 2 radical (unpaired) electrons. The summed E-state index contributed by atoms with van der Waals surface area (Å²) < 4.78 is 0. The van der Waals surface area contributed by atoms with Crippen molar-refractivity contribution in [3.8, 4) is 0 Å². The average molecular weight is 267 g/mol. The summed E-state index contributed by atoms with van der Waals surface area (Å²) in [6.45, 7) is 0. The smallest absolute Gasteiger partial charge is 0.775 e. The van der Waals surface area contributed by atoms with Gasteiger partial charge in [-0.1, -0.05) is 0 Å². The molecule has 0 aromatic rings. The molecule has 0 aliphatic rings. The van der Waals surface area contributed by atoms with E-state index in [1.165, 1.54) is 0 Å². The van der Waals surface area contributed by atoms with Crippen molar-refractivity contribution < 1.29 is 0 Å². The van der Waals surface area contributed by atoms with E-state index in [0.717, 1.165) is 0 Å². The van der Waals surface area contributed by atoms with Crippen molar-refractivity contribution in [2.24, 2.45) is 10.6 Å². The Balaban J connectivity index is 0. The van der Waals surface area contributed by atoms with Gasteiger partial charge in [0.1, 0.15) is 0 Å². The summed E-state index contributed by atoms with van der Waals surface area (Å²) in [5.41, 5.74) is 0. The molecule has 0 bridgehead atoms. The van der Waals surface area contributed by atoms with Crippen molar-refractivity contribution in [2.75, 3.05) is 0 Å². The molecule has 0 aromatic carbocycles. The Morgan fingerprint density at radius 3 is 1.20 bits per heavy atom. The largest absolute Gasteiger partial charge is 2.00 e. The number of hydrogen-bond acceptors (Lipinski definition) is 4. The summed E-state index contributed by atoms with van der Waals surface area (Å²) in [6, 6.07) is 0. The molecule has 4 nitrogen and oxygen atoms in total. The number of hydrogen-bond donors (Lipinski definition) is 0. The maximum Gasteiger partial charge on any atom is 2.00 e. The van der Waals surface area contributed by atoms with Crippen LogP contribution in [-0.2, 0) is 0 Å². The quantitative estimate of drug-likeness (QED) is 0.353. The van der Waals surface area contributed by atoms with E-state index in [4.69, 9.17) is 10.4 Å². The summed E-state index contributed by atoms with van der Waals surface area (Å²) in [5.74, 6) is 0. The van der Waals surface area contributed by atoms with Gasteiger partial charge < -0.3 is 10.4 Å². The fraction of sp³-hybridized carbons (Fsp3) is 0. The van der Waals surface area contributed by atoms with Crippen LogP contribution in [0.3, 0.4) is 0 Å². The Kier molecular flexibility index (Phi) is 15.9. The summed E-state index contributed by atoms with van der Waals surface area (Å²) in [6.07, 6.45) is 0. The molecule has 0 amide bonds. The first kappa shape index (κ1) is 8.93. The van der Waals surface area contributed by atoms with E-state index in [1.54, 1.807) is 10.6 Å². The van der Waals surface area contributed by atoms with E-state index >= 15 is 0 Å². The van der Waals surface area contributed by atoms with E-state index in [9.17, 15) is 0 Å². The summed E-state index contributed by atoms with van der Waals surface area (Å²) in [4.78, 5) is 0. The monoisotopic (exact) mass is 268 g/mol. The number of rotatable bonds is 0. The van der Waals surface area contributed by atoms with Crippen LogP contribution in [0.4, 0.5) is 0 Å².